The largest absolute Gasteiger partial charge is 0.493 e. The van der Waals surface area contributed by atoms with Gasteiger partial charge >= 0.3 is 0 Å². The molecule has 0 bridgehead atoms. The van der Waals surface area contributed by atoms with E-state index in [4.69, 9.17) is 4.74 Å². The average molecular weight is 289 g/mol. The van der Waals surface area contributed by atoms with E-state index in [1.54, 1.807) is 0 Å². The minimum atomic E-state index is -0.452. The van der Waals surface area contributed by atoms with Crippen LogP contribution in [-0.4, -0.2) is 35.7 Å². The van der Waals surface area contributed by atoms with E-state index in [0.717, 1.165) is 30.3 Å². The Kier molecular flexibility index (Phi) is 4.81. The molecule has 3 rings (SSSR count). The number of hydrogen-bond acceptors (Lipinski definition) is 3. The zero-order valence-corrected chi connectivity index (χ0v) is 13.0. The van der Waals surface area contributed by atoms with Crippen LogP contribution in [0.1, 0.15) is 50.7 Å². The molecule has 0 spiro atoms. The molecule has 1 saturated carbocycles. The zero-order chi connectivity index (χ0) is 14.7. The Hall–Kier alpha value is -1.06. The normalized spacial score (nSPS) is 27.3. The van der Waals surface area contributed by atoms with Crippen molar-refractivity contribution in [1.29, 1.82) is 0 Å². The van der Waals surface area contributed by atoms with Crippen molar-refractivity contribution in [2.75, 3.05) is 19.7 Å². The molecular weight excluding hydrogens is 262 g/mol. The summed E-state index contributed by atoms with van der Waals surface area (Å²) in [6.45, 7) is 4.50. The molecule has 1 N–H and O–H groups in total. The highest BCUT2D eigenvalue weighted by molar-refractivity contribution is 5.35. The van der Waals surface area contributed by atoms with Gasteiger partial charge < -0.3 is 9.84 Å². The molecule has 0 radical (unpaired) electrons. The highest BCUT2D eigenvalue weighted by atomic mass is 16.5. The number of ether oxygens (including phenoxy) is 1. The first-order valence-electron chi connectivity index (χ1n) is 8.43. The molecule has 3 unspecified atom stereocenters. The van der Waals surface area contributed by atoms with Gasteiger partial charge in [0.15, 0.2) is 0 Å². The van der Waals surface area contributed by atoms with E-state index < -0.39 is 6.10 Å². The number of β-amino-alcohol motifs (C(OH)–C–C–N with tert-alkyl or cyclic N) is 1. The van der Waals surface area contributed by atoms with Gasteiger partial charge in [0.25, 0.3) is 0 Å². The summed E-state index contributed by atoms with van der Waals surface area (Å²) in [5, 5.41) is 10.7. The summed E-state index contributed by atoms with van der Waals surface area (Å²) in [6, 6.07) is 8.60. The summed E-state index contributed by atoms with van der Waals surface area (Å²) in [7, 11) is 0. The summed E-state index contributed by atoms with van der Waals surface area (Å²) < 4.78 is 5.66. The van der Waals surface area contributed by atoms with Crippen LogP contribution < -0.4 is 4.74 Å². The third-order valence-corrected chi connectivity index (χ3v) is 5.09. The van der Waals surface area contributed by atoms with Gasteiger partial charge in [0, 0.05) is 18.2 Å². The second kappa shape index (κ2) is 6.80. The fraction of sp³-hybridized carbons (Fsp3) is 0.667. The number of likely N-dealkylation sites (tertiary alicyclic amines) is 1. The zero-order valence-electron chi connectivity index (χ0n) is 13.0. The van der Waals surface area contributed by atoms with Gasteiger partial charge in [0.05, 0.1) is 12.7 Å². The highest BCUT2D eigenvalue weighted by Crippen LogP contribution is 2.38. The SMILES string of the molecule is CCOc1ccccc1C(O)CN1CCCC2CCCC21. The first kappa shape index (κ1) is 14.9. The Balaban J connectivity index is 1.69. The lowest BCUT2D eigenvalue weighted by molar-refractivity contribution is 0.0494. The first-order chi connectivity index (χ1) is 10.3. The maximum atomic E-state index is 10.7. The molecule has 1 saturated heterocycles. The van der Waals surface area contributed by atoms with Crippen LogP contribution in [0.3, 0.4) is 0 Å². The van der Waals surface area contributed by atoms with Crippen LogP contribution in [0.2, 0.25) is 0 Å². The minimum Gasteiger partial charge on any atom is -0.493 e. The van der Waals surface area contributed by atoms with E-state index in [1.165, 1.54) is 32.1 Å². The third kappa shape index (κ3) is 3.24. The number of nitrogens with zero attached hydrogens (tertiary/aromatic N) is 1. The van der Waals surface area contributed by atoms with Crippen molar-refractivity contribution < 1.29 is 9.84 Å². The molecule has 1 aliphatic heterocycles. The number of aliphatic hydroxyl groups is 1. The fourth-order valence-corrected chi connectivity index (χ4v) is 4.15. The average Bonchev–Trinajstić information content (AvgIpc) is 2.98. The molecule has 1 aromatic carbocycles. The number of benzene rings is 1. The lowest BCUT2D eigenvalue weighted by Crippen LogP contribution is -2.44. The maximum absolute atomic E-state index is 10.7. The minimum absolute atomic E-state index is 0.452. The van der Waals surface area contributed by atoms with Crippen LogP contribution in [0.4, 0.5) is 0 Å². The predicted molar refractivity (Wildman–Crippen MR) is 84.5 cm³/mol. The molecule has 0 amide bonds. The van der Waals surface area contributed by atoms with Crippen LogP contribution in [0.15, 0.2) is 24.3 Å². The molecule has 21 heavy (non-hydrogen) atoms. The molecule has 3 atom stereocenters. The lowest BCUT2D eigenvalue weighted by Gasteiger charge is -2.39. The predicted octanol–water partition coefficient (Wildman–Crippen LogP) is 3.38. The van der Waals surface area contributed by atoms with Gasteiger partial charge in [-0.15, -0.1) is 0 Å². The highest BCUT2D eigenvalue weighted by Gasteiger charge is 2.35. The van der Waals surface area contributed by atoms with Gasteiger partial charge in [0.1, 0.15) is 5.75 Å². The molecule has 116 valence electrons. The van der Waals surface area contributed by atoms with Gasteiger partial charge in [-0.1, -0.05) is 24.6 Å². The summed E-state index contributed by atoms with van der Waals surface area (Å²) in [4.78, 5) is 2.52. The number of piperidine rings is 1. The summed E-state index contributed by atoms with van der Waals surface area (Å²) >= 11 is 0. The van der Waals surface area contributed by atoms with E-state index >= 15 is 0 Å². The number of aliphatic hydroxyl groups excluding tert-OH is 1. The lowest BCUT2D eigenvalue weighted by atomic mass is 9.91. The van der Waals surface area contributed by atoms with E-state index in [9.17, 15) is 5.11 Å². The van der Waals surface area contributed by atoms with Crippen molar-refractivity contribution in [3.8, 4) is 5.75 Å². The number of fused-ring (bicyclic) bond motifs is 1. The number of rotatable bonds is 5. The Morgan fingerprint density at radius 3 is 2.90 bits per heavy atom. The first-order valence-corrected chi connectivity index (χ1v) is 8.43. The van der Waals surface area contributed by atoms with Crippen molar-refractivity contribution in [2.24, 2.45) is 5.92 Å². The molecule has 1 aromatic rings. The van der Waals surface area contributed by atoms with Crippen LogP contribution in [0.5, 0.6) is 5.75 Å². The molecule has 3 heteroatoms. The van der Waals surface area contributed by atoms with Gasteiger partial charge in [0.2, 0.25) is 0 Å². The Labute approximate surface area is 127 Å². The van der Waals surface area contributed by atoms with Gasteiger partial charge in [-0.05, 0) is 51.1 Å². The van der Waals surface area contributed by atoms with Crippen molar-refractivity contribution in [1.82, 2.24) is 4.90 Å². The summed E-state index contributed by atoms with van der Waals surface area (Å²) in [5.41, 5.74) is 0.930. The molecule has 2 fully saturated rings. The summed E-state index contributed by atoms with van der Waals surface area (Å²) in [5.74, 6) is 1.69. The quantitative estimate of drug-likeness (QED) is 0.902. The second-order valence-electron chi connectivity index (χ2n) is 6.38. The Morgan fingerprint density at radius 1 is 1.24 bits per heavy atom. The molecule has 3 nitrogen and oxygen atoms in total. The molecular formula is C18H27NO2. The van der Waals surface area contributed by atoms with Crippen molar-refractivity contribution in [3.05, 3.63) is 29.8 Å². The smallest absolute Gasteiger partial charge is 0.125 e. The van der Waals surface area contributed by atoms with Crippen LogP contribution in [0.25, 0.3) is 0 Å². The van der Waals surface area contributed by atoms with Crippen molar-refractivity contribution in [2.45, 2.75) is 51.2 Å². The standard InChI is InChI=1S/C18H27NO2/c1-2-21-18-11-4-3-9-15(18)17(20)13-19-12-6-8-14-7-5-10-16(14)19/h3-4,9,11,14,16-17,20H,2,5-8,10,12-13H2,1H3. The van der Waals surface area contributed by atoms with Crippen molar-refractivity contribution in [3.63, 3.8) is 0 Å². The topological polar surface area (TPSA) is 32.7 Å². The number of para-hydroxylation sites is 1. The van der Waals surface area contributed by atoms with Crippen LogP contribution in [-0.2, 0) is 0 Å². The number of hydrogen-bond donors (Lipinski definition) is 1. The van der Waals surface area contributed by atoms with Crippen molar-refractivity contribution >= 4 is 0 Å². The molecule has 0 aromatic heterocycles. The van der Waals surface area contributed by atoms with Gasteiger partial charge in [-0.25, -0.2) is 0 Å². The van der Waals surface area contributed by atoms with E-state index in [-0.39, 0.29) is 0 Å². The van der Waals surface area contributed by atoms with Crippen LogP contribution in [0, 0.1) is 5.92 Å². The molecule has 2 aliphatic rings. The van der Waals surface area contributed by atoms with E-state index in [0.29, 0.717) is 12.6 Å². The van der Waals surface area contributed by atoms with Crippen LogP contribution >= 0.6 is 0 Å². The van der Waals surface area contributed by atoms with Gasteiger partial charge in [-0.2, -0.15) is 0 Å². The Bertz CT molecular complexity index is 462. The monoisotopic (exact) mass is 289 g/mol. The van der Waals surface area contributed by atoms with E-state index in [2.05, 4.69) is 4.90 Å². The molecule has 1 aliphatic carbocycles. The molecule has 1 heterocycles. The van der Waals surface area contributed by atoms with E-state index in [1.807, 2.05) is 31.2 Å². The summed E-state index contributed by atoms with van der Waals surface area (Å²) in [6.07, 6.45) is 6.26. The third-order valence-electron chi connectivity index (χ3n) is 5.09. The Morgan fingerprint density at radius 2 is 2.05 bits per heavy atom. The second-order valence-corrected chi connectivity index (χ2v) is 6.38. The van der Waals surface area contributed by atoms with Gasteiger partial charge in [-0.3, -0.25) is 4.90 Å². The maximum Gasteiger partial charge on any atom is 0.125 e. The fourth-order valence-electron chi connectivity index (χ4n) is 4.15.